The summed E-state index contributed by atoms with van der Waals surface area (Å²) in [6.45, 7) is 1.72. The van der Waals surface area contributed by atoms with Crippen LogP contribution in [0.3, 0.4) is 0 Å². The van der Waals surface area contributed by atoms with Crippen LogP contribution in [0, 0.1) is 0 Å². The maximum absolute atomic E-state index is 12.8. The molecule has 0 radical (unpaired) electrons. The normalized spacial score (nSPS) is 27.5. The molecule has 2 N–H and O–H groups in total. The number of rotatable bonds is 4. The first-order valence-corrected chi connectivity index (χ1v) is 4.81. The molecule has 0 amide bonds. The van der Waals surface area contributed by atoms with E-state index in [1.54, 1.807) is 6.92 Å². The Morgan fingerprint density at radius 2 is 2.36 bits per heavy atom. The highest BCUT2D eigenvalue weighted by Gasteiger charge is 2.40. The van der Waals surface area contributed by atoms with E-state index in [1.807, 2.05) is 0 Å². The molecule has 1 fully saturated rings. The number of halogens is 2. The quantitative estimate of drug-likeness (QED) is 0.736. The number of hydrogen-bond acceptors (Lipinski definition) is 2. The zero-order chi connectivity index (χ0) is 10.8. The van der Waals surface area contributed by atoms with Gasteiger partial charge in [0.25, 0.3) is 0 Å². The van der Waals surface area contributed by atoms with Crippen molar-refractivity contribution in [3.8, 4) is 0 Å². The topological polar surface area (TPSA) is 49.3 Å². The maximum Gasteiger partial charge on any atom is 0.320 e. The fraction of sp³-hybridized carbons (Fsp3) is 0.889. The van der Waals surface area contributed by atoms with Crippen LogP contribution in [0.4, 0.5) is 8.78 Å². The smallest absolute Gasteiger partial charge is 0.320 e. The Labute approximate surface area is 81.5 Å². The van der Waals surface area contributed by atoms with E-state index in [-0.39, 0.29) is 18.9 Å². The average molecular weight is 207 g/mol. The molecule has 82 valence electrons. The van der Waals surface area contributed by atoms with Crippen LogP contribution in [0.5, 0.6) is 0 Å². The summed E-state index contributed by atoms with van der Waals surface area (Å²) in [6.07, 6.45) is 0.395. The van der Waals surface area contributed by atoms with Crippen molar-refractivity contribution in [3.05, 3.63) is 0 Å². The molecule has 0 saturated heterocycles. The van der Waals surface area contributed by atoms with Gasteiger partial charge in [0.15, 0.2) is 0 Å². The molecule has 0 aromatic heterocycles. The predicted octanol–water partition coefficient (Wildman–Crippen LogP) is 1.63. The van der Waals surface area contributed by atoms with Crippen LogP contribution >= 0.6 is 0 Å². The average Bonchev–Trinajstić information content (AvgIpc) is 2.41. The van der Waals surface area contributed by atoms with Gasteiger partial charge in [0, 0.05) is 18.9 Å². The molecule has 3 nitrogen and oxygen atoms in total. The Hall–Kier alpha value is -0.710. The van der Waals surface area contributed by atoms with Crippen LogP contribution < -0.4 is 5.32 Å². The van der Waals surface area contributed by atoms with Crippen LogP contribution in [0.15, 0.2) is 0 Å². The molecule has 0 aliphatic heterocycles. The van der Waals surface area contributed by atoms with E-state index in [0.29, 0.717) is 12.8 Å². The first-order valence-electron chi connectivity index (χ1n) is 4.81. The highest BCUT2D eigenvalue weighted by molar-refractivity contribution is 5.73. The monoisotopic (exact) mass is 207 g/mol. The number of alkyl halides is 2. The molecule has 0 aromatic rings. The third-order valence-electron chi connectivity index (χ3n) is 2.55. The summed E-state index contributed by atoms with van der Waals surface area (Å²) in [4.78, 5) is 10.6. The predicted molar refractivity (Wildman–Crippen MR) is 47.4 cm³/mol. The summed E-state index contributed by atoms with van der Waals surface area (Å²) in [5.74, 6) is -3.59. The van der Waals surface area contributed by atoms with E-state index < -0.39 is 17.9 Å². The van der Waals surface area contributed by atoms with Gasteiger partial charge in [-0.05, 0) is 12.8 Å². The summed E-state index contributed by atoms with van der Waals surface area (Å²) in [6, 6.07) is -1.06. The lowest BCUT2D eigenvalue weighted by atomic mass is 10.1. The van der Waals surface area contributed by atoms with E-state index in [0.717, 1.165) is 0 Å². The third kappa shape index (κ3) is 2.90. The van der Waals surface area contributed by atoms with Crippen molar-refractivity contribution in [1.29, 1.82) is 0 Å². The molecule has 14 heavy (non-hydrogen) atoms. The van der Waals surface area contributed by atoms with Crippen molar-refractivity contribution in [2.24, 2.45) is 0 Å². The Morgan fingerprint density at radius 3 is 2.71 bits per heavy atom. The summed E-state index contributed by atoms with van der Waals surface area (Å²) in [5.41, 5.74) is 0. The molecular formula is C9H15F2NO2. The summed E-state index contributed by atoms with van der Waals surface area (Å²) in [7, 11) is 0. The Morgan fingerprint density at radius 1 is 1.71 bits per heavy atom. The van der Waals surface area contributed by atoms with Crippen LogP contribution in [0.1, 0.15) is 32.6 Å². The van der Waals surface area contributed by atoms with Crippen molar-refractivity contribution in [1.82, 2.24) is 5.32 Å². The molecule has 2 atom stereocenters. The van der Waals surface area contributed by atoms with Crippen LogP contribution in [-0.2, 0) is 4.79 Å². The number of carbonyl (C=O) groups is 1. The molecule has 1 saturated carbocycles. The largest absolute Gasteiger partial charge is 0.480 e. The van der Waals surface area contributed by atoms with E-state index >= 15 is 0 Å². The molecule has 1 aliphatic carbocycles. The Kier molecular flexibility index (Phi) is 3.42. The van der Waals surface area contributed by atoms with Crippen molar-refractivity contribution in [2.75, 3.05) is 0 Å². The minimum atomic E-state index is -2.62. The minimum absolute atomic E-state index is 0.138. The van der Waals surface area contributed by atoms with Crippen molar-refractivity contribution >= 4 is 5.97 Å². The maximum atomic E-state index is 12.8. The molecule has 0 heterocycles. The zero-order valence-corrected chi connectivity index (χ0v) is 8.09. The number of carboxylic acid groups (broad SMARTS) is 1. The molecular weight excluding hydrogens is 192 g/mol. The summed E-state index contributed by atoms with van der Waals surface area (Å²) >= 11 is 0. The Balaban J connectivity index is 2.42. The van der Waals surface area contributed by atoms with Gasteiger partial charge in [-0.15, -0.1) is 0 Å². The molecule has 1 rings (SSSR count). The van der Waals surface area contributed by atoms with E-state index in [4.69, 9.17) is 5.11 Å². The van der Waals surface area contributed by atoms with Gasteiger partial charge in [0.1, 0.15) is 6.04 Å². The second-order valence-corrected chi connectivity index (χ2v) is 3.76. The Bertz CT molecular complexity index is 221. The van der Waals surface area contributed by atoms with E-state index in [2.05, 4.69) is 5.32 Å². The fourth-order valence-electron chi connectivity index (χ4n) is 1.74. The van der Waals surface area contributed by atoms with Gasteiger partial charge in [-0.2, -0.15) is 0 Å². The van der Waals surface area contributed by atoms with Gasteiger partial charge in [-0.3, -0.25) is 4.79 Å². The summed E-state index contributed by atoms with van der Waals surface area (Å²) in [5, 5.41) is 11.5. The van der Waals surface area contributed by atoms with Crippen molar-refractivity contribution in [3.63, 3.8) is 0 Å². The lowest BCUT2D eigenvalue weighted by Crippen LogP contribution is -2.42. The van der Waals surface area contributed by atoms with Crippen LogP contribution in [0.2, 0.25) is 0 Å². The first kappa shape index (κ1) is 11.4. The first-order chi connectivity index (χ1) is 6.44. The van der Waals surface area contributed by atoms with Gasteiger partial charge >= 0.3 is 5.97 Å². The van der Waals surface area contributed by atoms with Gasteiger partial charge < -0.3 is 10.4 Å². The zero-order valence-electron chi connectivity index (χ0n) is 8.09. The van der Waals surface area contributed by atoms with Crippen LogP contribution in [0.25, 0.3) is 0 Å². The minimum Gasteiger partial charge on any atom is -0.480 e. The lowest BCUT2D eigenvalue weighted by Gasteiger charge is -2.18. The number of hydrogen-bond donors (Lipinski definition) is 2. The van der Waals surface area contributed by atoms with Crippen LogP contribution in [-0.4, -0.2) is 29.1 Å². The summed E-state index contributed by atoms with van der Waals surface area (Å²) < 4.78 is 25.5. The van der Waals surface area contributed by atoms with Gasteiger partial charge in [-0.25, -0.2) is 8.78 Å². The number of carboxylic acids is 1. The van der Waals surface area contributed by atoms with Gasteiger partial charge in [-0.1, -0.05) is 6.92 Å². The third-order valence-corrected chi connectivity index (χ3v) is 2.55. The van der Waals surface area contributed by atoms with Gasteiger partial charge in [0.2, 0.25) is 5.92 Å². The highest BCUT2D eigenvalue weighted by atomic mass is 19.3. The second-order valence-electron chi connectivity index (χ2n) is 3.76. The van der Waals surface area contributed by atoms with Crippen molar-refractivity contribution < 1.29 is 18.7 Å². The molecule has 1 aliphatic rings. The number of nitrogens with one attached hydrogen (secondary N) is 1. The standard InChI is InChI=1S/C9H15F2NO2/c1-2-7(8(13)14)12-6-3-4-9(10,11)5-6/h6-7,12H,2-5H2,1H3,(H,13,14). The molecule has 0 bridgehead atoms. The fourth-order valence-corrected chi connectivity index (χ4v) is 1.74. The molecule has 0 spiro atoms. The molecule has 5 heteroatoms. The molecule has 2 unspecified atom stereocenters. The molecule has 0 aromatic carbocycles. The lowest BCUT2D eigenvalue weighted by molar-refractivity contribution is -0.139. The van der Waals surface area contributed by atoms with Gasteiger partial charge in [0.05, 0.1) is 0 Å². The van der Waals surface area contributed by atoms with E-state index in [9.17, 15) is 13.6 Å². The number of aliphatic carboxylic acids is 1. The van der Waals surface area contributed by atoms with E-state index in [1.165, 1.54) is 0 Å². The highest BCUT2D eigenvalue weighted by Crippen LogP contribution is 2.34. The SMILES string of the molecule is CCC(NC1CCC(F)(F)C1)C(=O)O. The van der Waals surface area contributed by atoms with Crippen molar-refractivity contribution in [2.45, 2.75) is 50.6 Å². The second kappa shape index (κ2) is 4.21.